The lowest BCUT2D eigenvalue weighted by molar-refractivity contribution is -0.123. The number of carboxylic acid groups (broad SMARTS) is 1. The van der Waals surface area contributed by atoms with Gasteiger partial charge >= 0.3 is 5.97 Å². The van der Waals surface area contributed by atoms with E-state index in [0.29, 0.717) is 10.6 Å². The van der Waals surface area contributed by atoms with Gasteiger partial charge in [-0.3, -0.25) is 4.79 Å². The molecule has 2 aromatic rings. The van der Waals surface area contributed by atoms with Gasteiger partial charge in [0, 0.05) is 16.4 Å². The normalized spacial score (nSPS) is 11.2. The third-order valence-corrected chi connectivity index (χ3v) is 3.89. The van der Waals surface area contributed by atoms with E-state index < -0.39 is 11.4 Å². The SMILES string of the molecule is CC(C)(C)C(=O)Nc1scc(-c2ccccc2)c1C(=O)O. The highest BCUT2D eigenvalue weighted by Gasteiger charge is 2.26. The Kier molecular flexibility index (Phi) is 4.14. The maximum atomic E-state index is 12.1. The average molecular weight is 303 g/mol. The lowest BCUT2D eigenvalue weighted by atomic mass is 9.95. The van der Waals surface area contributed by atoms with Crippen molar-refractivity contribution in [3.8, 4) is 11.1 Å². The van der Waals surface area contributed by atoms with Crippen LogP contribution in [0.4, 0.5) is 5.00 Å². The van der Waals surface area contributed by atoms with Crippen LogP contribution >= 0.6 is 11.3 Å². The molecule has 0 radical (unpaired) electrons. The predicted octanol–water partition coefficient (Wildman–Crippen LogP) is 4.10. The minimum absolute atomic E-state index is 0.142. The Hall–Kier alpha value is -2.14. The first-order chi connectivity index (χ1) is 9.80. The summed E-state index contributed by atoms with van der Waals surface area (Å²) in [5.41, 5.74) is 1.01. The summed E-state index contributed by atoms with van der Waals surface area (Å²) in [7, 11) is 0. The van der Waals surface area contributed by atoms with Crippen molar-refractivity contribution in [1.29, 1.82) is 0 Å². The van der Waals surface area contributed by atoms with Gasteiger partial charge in [-0.05, 0) is 5.56 Å². The molecule has 2 rings (SSSR count). The van der Waals surface area contributed by atoms with E-state index in [-0.39, 0.29) is 11.5 Å². The Morgan fingerprint density at radius 3 is 2.29 bits per heavy atom. The summed E-state index contributed by atoms with van der Waals surface area (Å²) >= 11 is 1.23. The predicted molar refractivity (Wildman–Crippen MR) is 84.8 cm³/mol. The fourth-order valence-electron chi connectivity index (χ4n) is 1.78. The number of amides is 1. The van der Waals surface area contributed by atoms with Crippen LogP contribution in [0.25, 0.3) is 11.1 Å². The van der Waals surface area contributed by atoms with Crippen LogP contribution in [0.2, 0.25) is 0 Å². The van der Waals surface area contributed by atoms with Gasteiger partial charge in [-0.15, -0.1) is 11.3 Å². The summed E-state index contributed by atoms with van der Waals surface area (Å²) in [4.78, 5) is 23.6. The Bertz CT molecular complexity index is 669. The molecule has 0 bridgehead atoms. The quantitative estimate of drug-likeness (QED) is 0.897. The largest absolute Gasteiger partial charge is 0.478 e. The summed E-state index contributed by atoms with van der Waals surface area (Å²) < 4.78 is 0. The summed E-state index contributed by atoms with van der Waals surface area (Å²) in [5.74, 6) is -1.24. The lowest BCUT2D eigenvalue weighted by Crippen LogP contribution is -2.27. The van der Waals surface area contributed by atoms with Crippen molar-refractivity contribution < 1.29 is 14.7 Å². The fourth-order valence-corrected chi connectivity index (χ4v) is 2.74. The van der Waals surface area contributed by atoms with Gasteiger partial charge in [0.1, 0.15) is 10.6 Å². The highest BCUT2D eigenvalue weighted by atomic mass is 32.1. The molecule has 1 aromatic carbocycles. The molecule has 0 aliphatic rings. The molecule has 2 N–H and O–H groups in total. The molecule has 0 atom stereocenters. The van der Waals surface area contributed by atoms with Crippen molar-refractivity contribution in [2.75, 3.05) is 5.32 Å². The van der Waals surface area contributed by atoms with Crippen LogP contribution < -0.4 is 5.32 Å². The Labute approximate surface area is 127 Å². The summed E-state index contributed by atoms with van der Waals surface area (Å²) in [6.07, 6.45) is 0. The molecule has 4 nitrogen and oxygen atoms in total. The van der Waals surface area contributed by atoms with Crippen LogP contribution in [0.3, 0.4) is 0 Å². The number of rotatable bonds is 3. The molecule has 5 heteroatoms. The van der Waals surface area contributed by atoms with Crippen molar-refractivity contribution in [2.45, 2.75) is 20.8 Å². The lowest BCUT2D eigenvalue weighted by Gasteiger charge is -2.17. The number of aromatic carboxylic acids is 1. The number of benzene rings is 1. The van der Waals surface area contributed by atoms with E-state index in [1.165, 1.54) is 11.3 Å². The zero-order chi connectivity index (χ0) is 15.6. The maximum Gasteiger partial charge on any atom is 0.339 e. The van der Waals surface area contributed by atoms with Crippen LogP contribution in [0, 0.1) is 5.41 Å². The molecule has 0 saturated heterocycles. The number of carbonyl (C=O) groups excluding carboxylic acids is 1. The molecule has 0 aliphatic carbocycles. The number of hydrogen-bond donors (Lipinski definition) is 2. The molecule has 0 saturated carbocycles. The minimum atomic E-state index is -1.04. The first-order valence-electron chi connectivity index (χ1n) is 6.52. The molecular weight excluding hydrogens is 286 g/mol. The van der Waals surface area contributed by atoms with Crippen LogP contribution in [0.5, 0.6) is 0 Å². The highest BCUT2D eigenvalue weighted by Crippen LogP contribution is 2.36. The van der Waals surface area contributed by atoms with Gasteiger partial charge < -0.3 is 10.4 Å². The standard InChI is InChI=1S/C16H17NO3S/c1-16(2,3)15(20)17-13-12(14(18)19)11(9-21-13)10-7-5-4-6-8-10/h4-9H,1-3H3,(H,17,20)(H,18,19). The van der Waals surface area contributed by atoms with Crippen molar-refractivity contribution in [3.05, 3.63) is 41.3 Å². The molecule has 1 heterocycles. The van der Waals surface area contributed by atoms with Crippen molar-refractivity contribution in [2.24, 2.45) is 5.41 Å². The number of nitrogens with one attached hydrogen (secondary N) is 1. The van der Waals surface area contributed by atoms with E-state index in [1.54, 1.807) is 26.2 Å². The number of thiophene rings is 1. The van der Waals surface area contributed by atoms with Gasteiger partial charge in [0.2, 0.25) is 5.91 Å². The van der Waals surface area contributed by atoms with E-state index in [0.717, 1.165) is 5.56 Å². The second-order valence-corrected chi connectivity index (χ2v) is 6.61. The summed E-state index contributed by atoms with van der Waals surface area (Å²) in [6, 6.07) is 9.28. The van der Waals surface area contributed by atoms with E-state index >= 15 is 0 Å². The zero-order valence-electron chi connectivity index (χ0n) is 12.1. The second-order valence-electron chi connectivity index (χ2n) is 5.73. The number of carboxylic acids is 1. The maximum absolute atomic E-state index is 12.1. The van der Waals surface area contributed by atoms with Crippen LogP contribution in [0.15, 0.2) is 35.7 Å². The third kappa shape index (κ3) is 3.31. The second kappa shape index (κ2) is 5.69. The van der Waals surface area contributed by atoms with Crippen LogP contribution in [-0.4, -0.2) is 17.0 Å². The van der Waals surface area contributed by atoms with Crippen LogP contribution in [-0.2, 0) is 4.79 Å². The fraction of sp³-hybridized carbons (Fsp3) is 0.250. The van der Waals surface area contributed by atoms with Gasteiger partial charge in [-0.2, -0.15) is 0 Å². The first-order valence-corrected chi connectivity index (χ1v) is 7.40. The zero-order valence-corrected chi connectivity index (χ0v) is 13.0. The van der Waals surface area contributed by atoms with Gasteiger partial charge in [0.05, 0.1) is 0 Å². The molecule has 21 heavy (non-hydrogen) atoms. The number of anilines is 1. The highest BCUT2D eigenvalue weighted by molar-refractivity contribution is 7.15. The van der Waals surface area contributed by atoms with Gasteiger partial charge in [-0.25, -0.2) is 4.79 Å². The van der Waals surface area contributed by atoms with Gasteiger partial charge in [0.25, 0.3) is 0 Å². The molecule has 1 aromatic heterocycles. The van der Waals surface area contributed by atoms with Crippen molar-refractivity contribution in [1.82, 2.24) is 0 Å². The third-order valence-electron chi connectivity index (χ3n) is 3.00. The molecule has 0 fully saturated rings. The van der Waals surface area contributed by atoms with Crippen LogP contribution in [0.1, 0.15) is 31.1 Å². The Morgan fingerprint density at radius 1 is 1.14 bits per heavy atom. The van der Waals surface area contributed by atoms with Gasteiger partial charge in [-0.1, -0.05) is 51.1 Å². The topological polar surface area (TPSA) is 66.4 Å². The molecule has 0 spiro atoms. The van der Waals surface area contributed by atoms with Crippen molar-refractivity contribution >= 4 is 28.2 Å². The smallest absolute Gasteiger partial charge is 0.339 e. The van der Waals surface area contributed by atoms with E-state index in [9.17, 15) is 14.7 Å². The average Bonchev–Trinajstić information content (AvgIpc) is 2.82. The first kappa shape index (κ1) is 15.3. The van der Waals surface area contributed by atoms with Crippen molar-refractivity contribution in [3.63, 3.8) is 0 Å². The minimum Gasteiger partial charge on any atom is -0.478 e. The Morgan fingerprint density at radius 2 is 1.76 bits per heavy atom. The van der Waals surface area contributed by atoms with E-state index in [2.05, 4.69) is 5.32 Å². The molecule has 0 aliphatic heterocycles. The number of hydrogen-bond acceptors (Lipinski definition) is 3. The number of carbonyl (C=O) groups is 2. The molecule has 0 unspecified atom stereocenters. The molecule has 1 amide bonds. The molecule has 110 valence electrons. The summed E-state index contributed by atoms with van der Waals surface area (Å²) in [5, 5.41) is 14.3. The Balaban J connectivity index is 2.44. The summed E-state index contributed by atoms with van der Waals surface area (Å²) in [6.45, 7) is 5.36. The molecular formula is C16H17NO3S. The van der Waals surface area contributed by atoms with Gasteiger partial charge in [0.15, 0.2) is 0 Å². The monoisotopic (exact) mass is 303 g/mol. The van der Waals surface area contributed by atoms with E-state index in [4.69, 9.17) is 0 Å². The van der Waals surface area contributed by atoms with E-state index in [1.807, 2.05) is 30.3 Å².